The maximum absolute atomic E-state index is 6.17. The number of hydrogen-bond donors (Lipinski definition) is 1. The third-order valence-corrected chi connectivity index (χ3v) is 4.64. The van der Waals surface area contributed by atoms with Gasteiger partial charge < -0.3 is 24.8 Å². The lowest BCUT2D eigenvalue weighted by molar-refractivity contribution is 0.122. The summed E-state index contributed by atoms with van der Waals surface area (Å²) < 4.78 is 17.8. The van der Waals surface area contributed by atoms with Gasteiger partial charge in [0.2, 0.25) is 11.9 Å². The van der Waals surface area contributed by atoms with E-state index in [-0.39, 0.29) is 0 Å². The standard InChI is InChI=1S/C18H22N6O3/c1-11-15(12-4-5-13(25-2)14(10-12)26-3)16-20-18(21-17(19)24(16)22-11)23-6-8-27-9-7-23/h4-5,10H,6-9H2,1-3H3,(H2,19,20,21). The van der Waals surface area contributed by atoms with E-state index >= 15 is 0 Å². The molecule has 142 valence electrons. The quantitative estimate of drug-likeness (QED) is 0.738. The van der Waals surface area contributed by atoms with Crippen molar-refractivity contribution in [2.24, 2.45) is 0 Å². The van der Waals surface area contributed by atoms with E-state index in [1.807, 2.05) is 25.1 Å². The molecule has 0 atom stereocenters. The maximum Gasteiger partial charge on any atom is 0.230 e. The summed E-state index contributed by atoms with van der Waals surface area (Å²) in [6.45, 7) is 4.68. The van der Waals surface area contributed by atoms with Crippen LogP contribution in [0.15, 0.2) is 18.2 Å². The summed E-state index contributed by atoms with van der Waals surface area (Å²) in [5, 5.41) is 4.52. The van der Waals surface area contributed by atoms with Gasteiger partial charge in [-0.05, 0) is 24.6 Å². The van der Waals surface area contributed by atoms with E-state index in [4.69, 9.17) is 24.9 Å². The largest absolute Gasteiger partial charge is 0.493 e. The number of hydrogen-bond acceptors (Lipinski definition) is 8. The molecule has 1 aromatic carbocycles. The summed E-state index contributed by atoms with van der Waals surface area (Å²) in [6, 6.07) is 5.73. The van der Waals surface area contributed by atoms with Crippen LogP contribution in [0.2, 0.25) is 0 Å². The van der Waals surface area contributed by atoms with Crippen LogP contribution in [0.4, 0.5) is 11.9 Å². The van der Waals surface area contributed by atoms with Crippen molar-refractivity contribution in [1.82, 2.24) is 19.6 Å². The fourth-order valence-electron chi connectivity index (χ4n) is 3.28. The monoisotopic (exact) mass is 370 g/mol. The van der Waals surface area contributed by atoms with Gasteiger partial charge in [-0.25, -0.2) is 0 Å². The smallest absolute Gasteiger partial charge is 0.230 e. The lowest BCUT2D eigenvalue weighted by Crippen LogP contribution is -2.37. The number of morpholine rings is 1. The van der Waals surface area contributed by atoms with Gasteiger partial charge in [-0.3, -0.25) is 0 Å². The first-order chi connectivity index (χ1) is 13.1. The van der Waals surface area contributed by atoms with Crippen molar-refractivity contribution in [1.29, 1.82) is 0 Å². The van der Waals surface area contributed by atoms with Crippen molar-refractivity contribution in [2.75, 3.05) is 51.2 Å². The Balaban J connectivity index is 1.87. The lowest BCUT2D eigenvalue weighted by atomic mass is 10.1. The van der Waals surface area contributed by atoms with E-state index in [9.17, 15) is 0 Å². The molecule has 2 N–H and O–H groups in total. The average Bonchev–Trinajstić information content (AvgIpc) is 3.04. The lowest BCUT2D eigenvalue weighted by Gasteiger charge is -2.26. The molecule has 4 rings (SSSR count). The van der Waals surface area contributed by atoms with Crippen molar-refractivity contribution in [2.45, 2.75) is 6.92 Å². The summed E-state index contributed by atoms with van der Waals surface area (Å²) in [5.41, 5.74) is 9.45. The summed E-state index contributed by atoms with van der Waals surface area (Å²) in [5.74, 6) is 2.20. The Bertz CT molecular complexity index is 981. The topological polar surface area (TPSA) is 100 Å². The number of nitrogens with zero attached hydrogens (tertiary/aromatic N) is 5. The zero-order chi connectivity index (χ0) is 19.0. The molecular formula is C18H22N6O3. The van der Waals surface area contributed by atoms with Gasteiger partial charge in [-0.2, -0.15) is 19.6 Å². The van der Waals surface area contributed by atoms with Crippen molar-refractivity contribution in [3.63, 3.8) is 0 Å². The molecule has 1 aliphatic heterocycles. The number of aromatic nitrogens is 4. The summed E-state index contributed by atoms with van der Waals surface area (Å²) in [7, 11) is 3.22. The normalized spacial score (nSPS) is 14.6. The van der Waals surface area contributed by atoms with Gasteiger partial charge in [-0.1, -0.05) is 6.07 Å². The first-order valence-electron chi connectivity index (χ1n) is 8.70. The molecule has 2 aromatic heterocycles. The highest BCUT2D eigenvalue weighted by molar-refractivity contribution is 5.82. The first-order valence-corrected chi connectivity index (χ1v) is 8.70. The molecule has 1 aliphatic rings. The second kappa shape index (κ2) is 6.92. The van der Waals surface area contributed by atoms with Gasteiger partial charge >= 0.3 is 0 Å². The predicted molar refractivity (Wildman–Crippen MR) is 102 cm³/mol. The van der Waals surface area contributed by atoms with E-state index < -0.39 is 0 Å². The number of fused-ring (bicyclic) bond motifs is 1. The summed E-state index contributed by atoms with van der Waals surface area (Å²) in [6.07, 6.45) is 0. The average molecular weight is 370 g/mol. The molecule has 0 amide bonds. The molecule has 0 radical (unpaired) electrons. The molecule has 0 unspecified atom stereocenters. The third kappa shape index (κ3) is 2.99. The molecule has 0 aliphatic carbocycles. The van der Waals surface area contributed by atoms with Crippen LogP contribution in [-0.4, -0.2) is 60.1 Å². The van der Waals surface area contributed by atoms with Crippen molar-refractivity contribution in [3.8, 4) is 22.6 Å². The zero-order valence-electron chi connectivity index (χ0n) is 15.6. The number of methoxy groups -OCH3 is 2. The predicted octanol–water partition coefficient (Wildman–Crippen LogP) is 1.54. The van der Waals surface area contributed by atoms with Crippen LogP contribution in [0.3, 0.4) is 0 Å². The molecule has 3 aromatic rings. The van der Waals surface area contributed by atoms with Gasteiger partial charge in [0.05, 0.1) is 33.1 Å². The second-order valence-corrected chi connectivity index (χ2v) is 6.25. The van der Waals surface area contributed by atoms with Crippen LogP contribution in [0.25, 0.3) is 16.8 Å². The molecule has 27 heavy (non-hydrogen) atoms. The molecule has 9 heteroatoms. The summed E-state index contributed by atoms with van der Waals surface area (Å²) >= 11 is 0. The Kier molecular flexibility index (Phi) is 4.44. The van der Waals surface area contributed by atoms with Gasteiger partial charge in [0.1, 0.15) is 0 Å². The summed E-state index contributed by atoms with van der Waals surface area (Å²) in [4.78, 5) is 11.3. The van der Waals surface area contributed by atoms with Crippen LogP contribution in [-0.2, 0) is 4.74 Å². The fraction of sp³-hybridized carbons (Fsp3) is 0.389. The minimum Gasteiger partial charge on any atom is -0.493 e. The van der Waals surface area contributed by atoms with E-state index in [0.29, 0.717) is 42.3 Å². The molecule has 0 saturated carbocycles. The molecule has 3 heterocycles. The van der Waals surface area contributed by atoms with E-state index in [1.165, 1.54) is 0 Å². The Morgan fingerprint density at radius 2 is 1.81 bits per heavy atom. The fourth-order valence-corrected chi connectivity index (χ4v) is 3.28. The van der Waals surface area contributed by atoms with Crippen LogP contribution in [0, 0.1) is 6.92 Å². The highest BCUT2D eigenvalue weighted by atomic mass is 16.5. The zero-order valence-corrected chi connectivity index (χ0v) is 15.6. The molecule has 1 fully saturated rings. The van der Waals surface area contributed by atoms with Crippen LogP contribution in [0.1, 0.15) is 5.69 Å². The van der Waals surface area contributed by atoms with Crippen LogP contribution < -0.4 is 20.1 Å². The van der Waals surface area contributed by atoms with Crippen molar-refractivity contribution in [3.05, 3.63) is 23.9 Å². The molecule has 0 bridgehead atoms. The minimum absolute atomic E-state index is 0.302. The Hall–Kier alpha value is -3.07. The Labute approximate surface area is 156 Å². The van der Waals surface area contributed by atoms with Crippen LogP contribution >= 0.6 is 0 Å². The Morgan fingerprint density at radius 1 is 1.07 bits per heavy atom. The number of anilines is 2. The number of ether oxygens (including phenoxy) is 3. The van der Waals surface area contributed by atoms with E-state index in [0.717, 1.165) is 29.9 Å². The number of rotatable bonds is 4. The SMILES string of the molecule is COc1ccc(-c2c(C)nn3c(N)nc(N4CCOCC4)nc23)cc1OC. The number of benzene rings is 1. The number of nitrogen functional groups attached to an aromatic ring is 1. The van der Waals surface area contributed by atoms with E-state index in [1.54, 1.807) is 18.7 Å². The highest BCUT2D eigenvalue weighted by Gasteiger charge is 2.21. The highest BCUT2D eigenvalue weighted by Crippen LogP contribution is 2.35. The maximum atomic E-state index is 6.17. The van der Waals surface area contributed by atoms with Gasteiger partial charge in [-0.15, -0.1) is 0 Å². The minimum atomic E-state index is 0.302. The van der Waals surface area contributed by atoms with Crippen LogP contribution in [0.5, 0.6) is 11.5 Å². The van der Waals surface area contributed by atoms with Crippen molar-refractivity contribution < 1.29 is 14.2 Å². The van der Waals surface area contributed by atoms with Gasteiger partial charge in [0, 0.05) is 18.7 Å². The first kappa shape index (κ1) is 17.3. The Morgan fingerprint density at radius 3 is 2.52 bits per heavy atom. The van der Waals surface area contributed by atoms with Gasteiger partial charge in [0.25, 0.3) is 0 Å². The molecule has 9 nitrogen and oxygen atoms in total. The van der Waals surface area contributed by atoms with Gasteiger partial charge in [0.15, 0.2) is 17.1 Å². The van der Waals surface area contributed by atoms with E-state index in [2.05, 4.69) is 15.0 Å². The number of aryl methyl sites for hydroxylation is 1. The molecule has 0 spiro atoms. The molecular weight excluding hydrogens is 348 g/mol. The number of nitrogens with two attached hydrogens (primary N) is 1. The van der Waals surface area contributed by atoms with Crippen molar-refractivity contribution >= 4 is 17.5 Å². The molecule has 1 saturated heterocycles. The second-order valence-electron chi connectivity index (χ2n) is 6.25. The third-order valence-electron chi connectivity index (χ3n) is 4.64.